The largest absolute Gasteiger partial charge is 0.489 e. The summed E-state index contributed by atoms with van der Waals surface area (Å²) in [6, 6.07) is 0. The van der Waals surface area contributed by atoms with E-state index in [9.17, 15) is 0 Å². The number of hydrogen-bond donors (Lipinski definition) is 0. The number of hydrogen-bond acceptors (Lipinski definition) is 2. The molecule has 0 spiro atoms. The van der Waals surface area contributed by atoms with E-state index in [0.717, 1.165) is 13.2 Å². The maximum atomic E-state index is 5.34. The molecule has 2 nitrogen and oxygen atoms in total. The molecule has 1 saturated heterocycles. The molecule has 14 heavy (non-hydrogen) atoms. The maximum absolute atomic E-state index is 5.34. The molecule has 0 N–H and O–H groups in total. The van der Waals surface area contributed by atoms with Gasteiger partial charge in [-0.25, -0.2) is 0 Å². The molecule has 1 aliphatic rings. The highest BCUT2D eigenvalue weighted by Crippen LogP contribution is 2.20. The predicted molar refractivity (Wildman–Crippen MR) is 56.6 cm³/mol. The van der Waals surface area contributed by atoms with Gasteiger partial charge < -0.3 is 9.47 Å². The summed E-state index contributed by atoms with van der Waals surface area (Å²) in [6.45, 7) is 5.81. The molecule has 0 amide bonds. The van der Waals surface area contributed by atoms with Crippen LogP contribution in [0.1, 0.15) is 13.8 Å². The van der Waals surface area contributed by atoms with Crippen molar-refractivity contribution in [3.8, 4) is 11.8 Å². The molecule has 1 atom stereocenters. The molecule has 1 heterocycles. The van der Waals surface area contributed by atoms with E-state index in [0.29, 0.717) is 12.5 Å². The molecule has 1 fully saturated rings. The molecule has 1 unspecified atom stereocenters. The van der Waals surface area contributed by atoms with Gasteiger partial charge in [-0.05, 0) is 25.5 Å². The molecule has 0 radical (unpaired) electrons. The second kappa shape index (κ2) is 6.28. The van der Waals surface area contributed by atoms with Crippen LogP contribution in [0.15, 0.2) is 24.0 Å². The van der Waals surface area contributed by atoms with Crippen molar-refractivity contribution in [3.63, 3.8) is 0 Å². The van der Waals surface area contributed by atoms with Crippen LogP contribution in [0.25, 0.3) is 0 Å². The van der Waals surface area contributed by atoms with Crippen LogP contribution in [-0.2, 0) is 9.47 Å². The Balaban J connectivity index is 2.31. The summed E-state index contributed by atoms with van der Waals surface area (Å²) in [4.78, 5) is 0. The van der Waals surface area contributed by atoms with E-state index in [-0.39, 0.29) is 0 Å². The first-order valence-corrected chi connectivity index (χ1v) is 4.79. The highest BCUT2D eigenvalue weighted by atomic mass is 16.5. The van der Waals surface area contributed by atoms with Crippen molar-refractivity contribution in [2.45, 2.75) is 13.8 Å². The molecule has 0 aromatic heterocycles. The van der Waals surface area contributed by atoms with Crippen molar-refractivity contribution in [1.29, 1.82) is 0 Å². The van der Waals surface area contributed by atoms with E-state index < -0.39 is 0 Å². The van der Waals surface area contributed by atoms with E-state index in [1.807, 2.05) is 13.0 Å². The van der Waals surface area contributed by atoms with Gasteiger partial charge in [0.1, 0.15) is 6.61 Å². The van der Waals surface area contributed by atoms with Crippen molar-refractivity contribution in [2.75, 3.05) is 19.8 Å². The normalized spacial score (nSPS) is 23.9. The monoisotopic (exact) mass is 192 g/mol. The fourth-order valence-corrected chi connectivity index (χ4v) is 1.31. The zero-order chi connectivity index (χ0) is 10.2. The SMILES string of the molecule is CC#CCO/C=C/C1COC/C1=C\C. The van der Waals surface area contributed by atoms with Crippen molar-refractivity contribution >= 4 is 0 Å². The lowest BCUT2D eigenvalue weighted by atomic mass is 10.0. The second-order valence-corrected chi connectivity index (χ2v) is 3.05. The van der Waals surface area contributed by atoms with Gasteiger partial charge in [0.05, 0.1) is 19.5 Å². The van der Waals surface area contributed by atoms with Crippen LogP contribution in [0.5, 0.6) is 0 Å². The van der Waals surface area contributed by atoms with Gasteiger partial charge in [0.2, 0.25) is 0 Å². The average Bonchev–Trinajstić information content (AvgIpc) is 2.65. The van der Waals surface area contributed by atoms with Crippen molar-refractivity contribution in [2.24, 2.45) is 5.92 Å². The molecule has 1 rings (SSSR count). The number of rotatable bonds is 3. The Morgan fingerprint density at radius 3 is 3.21 bits per heavy atom. The third-order valence-electron chi connectivity index (χ3n) is 2.15. The first-order chi connectivity index (χ1) is 6.88. The van der Waals surface area contributed by atoms with Gasteiger partial charge in [0, 0.05) is 5.92 Å². The molecule has 0 aromatic carbocycles. The average molecular weight is 192 g/mol. The van der Waals surface area contributed by atoms with Gasteiger partial charge in [0.15, 0.2) is 0 Å². The van der Waals surface area contributed by atoms with Gasteiger partial charge in [-0.3, -0.25) is 0 Å². The lowest BCUT2D eigenvalue weighted by molar-refractivity contribution is 0.194. The Morgan fingerprint density at radius 2 is 2.50 bits per heavy atom. The summed E-state index contributed by atoms with van der Waals surface area (Å²) in [6.07, 6.45) is 5.85. The van der Waals surface area contributed by atoms with E-state index in [2.05, 4.69) is 17.9 Å². The van der Waals surface area contributed by atoms with Gasteiger partial charge in [-0.1, -0.05) is 12.0 Å². The van der Waals surface area contributed by atoms with Crippen LogP contribution in [0.3, 0.4) is 0 Å². The lowest BCUT2D eigenvalue weighted by Gasteiger charge is -2.02. The molecule has 0 aromatic rings. The van der Waals surface area contributed by atoms with Crippen LogP contribution in [0, 0.1) is 17.8 Å². The molecule has 0 saturated carbocycles. The van der Waals surface area contributed by atoms with Crippen LogP contribution < -0.4 is 0 Å². The smallest absolute Gasteiger partial charge is 0.148 e. The van der Waals surface area contributed by atoms with Gasteiger partial charge >= 0.3 is 0 Å². The van der Waals surface area contributed by atoms with Crippen molar-refractivity contribution in [3.05, 3.63) is 24.0 Å². The molecular weight excluding hydrogens is 176 g/mol. The molecular formula is C12H16O2. The standard InChI is InChI=1S/C12H16O2/c1-3-5-7-13-8-6-12-10-14-9-11(12)4-2/h4,6,8,12H,7,9-10H2,1-2H3/b8-6+,11-4+. The molecule has 2 heteroatoms. The Morgan fingerprint density at radius 1 is 1.64 bits per heavy atom. The predicted octanol–water partition coefficient (Wildman–Crippen LogP) is 2.13. The van der Waals surface area contributed by atoms with Crippen LogP contribution in [-0.4, -0.2) is 19.8 Å². The van der Waals surface area contributed by atoms with Gasteiger partial charge in [0.25, 0.3) is 0 Å². The summed E-state index contributed by atoms with van der Waals surface area (Å²) in [5, 5.41) is 0. The fourth-order valence-electron chi connectivity index (χ4n) is 1.31. The lowest BCUT2D eigenvalue weighted by Crippen LogP contribution is -1.97. The van der Waals surface area contributed by atoms with E-state index in [1.165, 1.54) is 5.57 Å². The Hall–Kier alpha value is -1.20. The van der Waals surface area contributed by atoms with Crippen LogP contribution in [0.2, 0.25) is 0 Å². The van der Waals surface area contributed by atoms with E-state index in [1.54, 1.807) is 13.2 Å². The first kappa shape index (κ1) is 10.9. The van der Waals surface area contributed by atoms with Crippen LogP contribution >= 0.6 is 0 Å². The molecule has 0 bridgehead atoms. The third kappa shape index (κ3) is 3.27. The zero-order valence-electron chi connectivity index (χ0n) is 8.75. The number of allylic oxidation sites excluding steroid dienone is 1. The summed E-state index contributed by atoms with van der Waals surface area (Å²) in [5.41, 5.74) is 1.33. The molecule has 76 valence electrons. The Labute approximate surface area is 85.6 Å². The Bertz CT molecular complexity index is 278. The highest BCUT2D eigenvalue weighted by Gasteiger charge is 2.17. The summed E-state index contributed by atoms with van der Waals surface area (Å²) >= 11 is 0. The zero-order valence-corrected chi connectivity index (χ0v) is 8.75. The van der Waals surface area contributed by atoms with Gasteiger partial charge in [-0.15, -0.1) is 5.92 Å². The second-order valence-electron chi connectivity index (χ2n) is 3.05. The summed E-state index contributed by atoms with van der Waals surface area (Å²) in [5.74, 6) is 5.98. The minimum atomic E-state index is 0.384. The van der Waals surface area contributed by atoms with Crippen molar-refractivity contribution in [1.82, 2.24) is 0 Å². The van der Waals surface area contributed by atoms with Crippen LogP contribution in [0.4, 0.5) is 0 Å². The topological polar surface area (TPSA) is 18.5 Å². The minimum Gasteiger partial charge on any atom is -0.489 e. The van der Waals surface area contributed by atoms with E-state index >= 15 is 0 Å². The summed E-state index contributed by atoms with van der Waals surface area (Å²) < 4.78 is 10.5. The van der Waals surface area contributed by atoms with Gasteiger partial charge in [-0.2, -0.15) is 0 Å². The highest BCUT2D eigenvalue weighted by molar-refractivity contribution is 5.15. The maximum Gasteiger partial charge on any atom is 0.148 e. The van der Waals surface area contributed by atoms with Crippen molar-refractivity contribution < 1.29 is 9.47 Å². The third-order valence-corrected chi connectivity index (χ3v) is 2.15. The summed E-state index contributed by atoms with van der Waals surface area (Å²) in [7, 11) is 0. The van der Waals surface area contributed by atoms with E-state index in [4.69, 9.17) is 9.47 Å². The minimum absolute atomic E-state index is 0.384. The fraction of sp³-hybridized carbons (Fsp3) is 0.500. The first-order valence-electron chi connectivity index (χ1n) is 4.79. The molecule has 1 aliphatic heterocycles. The number of ether oxygens (including phenoxy) is 2. The molecule has 0 aliphatic carbocycles. The quantitative estimate of drug-likeness (QED) is 0.295. The Kier molecular flexibility index (Phi) is 4.88.